The molecule has 21 heavy (non-hydrogen) atoms. The highest BCUT2D eigenvalue weighted by Gasteiger charge is 2.29. The topological polar surface area (TPSA) is 42.2 Å². The molecule has 0 saturated carbocycles. The number of hydrogen-bond acceptors (Lipinski definition) is 1. The lowest BCUT2D eigenvalue weighted by molar-refractivity contribution is -0.137. The fraction of sp³-hybridized carbons (Fsp3) is 0.267. The van der Waals surface area contributed by atoms with E-state index in [1.165, 1.54) is 12.1 Å². The number of aryl methyl sites for hydroxylation is 1. The molecule has 0 unspecified atom stereocenters. The van der Waals surface area contributed by atoms with Crippen molar-refractivity contribution < 1.29 is 23.1 Å². The third kappa shape index (κ3) is 3.09. The molecule has 0 aliphatic carbocycles. The number of halogens is 3. The van der Waals surface area contributed by atoms with Gasteiger partial charge in [-0.1, -0.05) is 12.1 Å². The van der Waals surface area contributed by atoms with Gasteiger partial charge in [0.05, 0.1) is 11.1 Å². The summed E-state index contributed by atoms with van der Waals surface area (Å²) in [5, 5.41) is 9.06. The third-order valence-corrected chi connectivity index (χ3v) is 3.43. The summed E-state index contributed by atoms with van der Waals surface area (Å²) in [7, 11) is 0. The highest BCUT2D eigenvalue weighted by Crippen LogP contribution is 2.29. The third-order valence-electron chi connectivity index (χ3n) is 3.43. The second-order valence-corrected chi connectivity index (χ2v) is 4.87. The SMILES string of the molecule is Cc1cc(C(=O)O)c(C)n1Cc1ccc(C(F)(F)F)cc1. The molecular weight excluding hydrogens is 283 g/mol. The summed E-state index contributed by atoms with van der Waals surface area (Å²) < 4.78 is 39.3. The van der Waals surface area contributed by atoms with Crippen LogP contribution in [0.3, 0.4) is 0 Å². The fourth-order valence-electron chi connectivity index (χ4n) is 2.24. The average molecular weight is 297 g/mol. The molecule has 0 aliphatic rings. The van der Waals surface area contributed by atoms with Gasteiger partial charge in [0, 0.05) is 17.9 Å². The lowest BCUT2D eigenvalue weighted by Crippen LogP contribution is -2.07. The van der Waals surface area contributed by atoms with E-state index in [0.29, 0.717) is 17.8 Å². The Morgan fingerprint density at radius 3 is 2.19 bits per heavy atom. The van der Waals surface area contributed by atoms with Gasteiger partial charge in [-0.25, -0.2) is 4.79 Å². The molecule has 6 heteroatoms. The molecule has 0 radical (unpaired) electrons. The van der Waals surface area contributed by atoms with E-state index >= 15 is 0 Å². The summed E-state index contributed by atoms with van der Waals surface area (Å²) in [6.07, 6.45) is -4.35. The average Bonchev–Trinajstić information content (AvgIpc) is 2.66. The van der Waals surface area contributed by atoms with E-state index in [-0.39, 0.29) is 5.56 Å². The maximum atomic E-state index is 12.5. The largest absolute Gasteiger partial charge is 0.478 e. The zero-order chi connectivity index (χ0) is 15.8. The number of hydrogen-bond donors (Lipinski definition) is 1. The highest BCUT2D eigenvalue weighted by atomic mass is 19.4. The van der Waals surface area contributed by atoms with Crippen LogP contribution in [0, 0.1) is 13.8 Å². The van der Waals surface area contributed by atoms with E-state index in [2.05, 4.69) is 0 Å². The van der Waals surface area contributed by atoms with E-state index in [9.17, 15) is 18.0 Å². The van der Waals surface area contributed by atoms with Crippen LogP contribution in [0.4, 0.5) is 13.2 Å². The van der Waals surface area contributed by atoms with Gasteiger partial charge in [-0.05, 0) is 37.6 Å². The summed E-state index contributed by atoms with van der Waals surface area (Å²) in [6, 6.07) is 6.43. The molecule has 1 N–H and O–H groups in total. The van der Waals surface area contributed by atoms with Crippen LogP contribution >= 0.6 is 0 Å². The van der Waals surface area contributed by atoms with E-state index in [1.54, 1.807) is 24.5 Å². The van der Waals surface area contributed by atoms with E-state index < -0.39 is 17.7 Å². The number of carboxylic acid groups (broad SMARTS) is 1. The molecule has 0 fully saturated rings. The molecule has 0 aliphatic heterocycles. The number of aromatic carboxylic acids is 1. The first-order valence-corrected chi connectivity index (χ1v) is 6.26. The van der Waals surface area contributed by atoms with E-state index in [1.807, 2.05) is 0 Å². The first kappa shape index (κ1) is 15.2. The van der Waals surface area contributed by atoms with Crippen molar-refractivity contribution in [2.45, 2.75) is 26.6 Å². The molecule has 1 aromatic heterocycles. The minimum atomic E-state index is -4.35. The van der Waals surface area contributed by atoms with Crippen molar-refractivity contribution in [2.24, 2.45) is 0 Å². The molecule has 2 aromatic rings. The van der Waals surface area contributed by atoms with Crippen LogP contribution in [0.1, 0.15) is 32.9 Å². The Kier molecular flexibility index (Phi) is 3.80. The number of rotatable bonds is 3. The smallest absolute Gasteiger partial charge is 0.416 e. The van der Waals surface area contributed by atoms with Crippen molar-refractivity contribution >= 4 is 5.97 Å². The summed E-state index contributed by atoms with van der Waals surface area (Å²) >= 11 is 0. The van der Waals surface area contributed by atoms with Gasteiger partial charge in [0.25, 0.3) is 0 Å². The van der Waals surface area contributed by atoms with Gasteiger partial charge in [0.1, 0.15) is 0 Å². The second-order valence-electron chi connectivity index (χ2n) is 4.87. The lowest BCUT2D eigenvalue weighted by atomic mass is 10.1. The Morgan fingerprint density at radius 1 is 1.19 bits per heavy atom. The monoisotopic (exact) mass is 297 g/mol. The standard InChI is InChI=1S/C15H14F3NO2/c1-9-7-13(14(20)21)10(2)19(9)8-11-3-5-12(6-4-11)15(16,17)18/h3-7H,8H2,1-2H3,(H,20,21). The number of aromatic nitrogens is 1. The molecule has 0 amide bonds. The zero-order valence-electron chi connectivity index (χ0n) is 11.5. The fourth-order valence-corrected chi connectivity index (χ4v) is 2.24. The normalized spacial score (nSPS) is 11.7. The van der Waals surface area contributed by atoms with Gasteiger partial charge in [0.15, 0.2) is 0 Å². The van der Waals surface area contributed by atoms with Crippen molar-refractivity contribution in [3.8, 4) is 0 Å². The van der Waals surface area contributed by atoms with Gasteiger partial charge in [-0.2, -0.15) is 13.2 Å². The van der Waals surface area contributed by atoms with Gasteiger partial charge in [-0.15, -0.1) is 0 Å². The first-order chi connectivity index (χ1) is 9.70. The summed E-state index contributed by atoms with van der Waals surface area (Å²) in [6.45, 7) is 3.78. The Bertz CT molecular complexity index is 669. The molecule has 112 valence electrons. The van der Waals surface area contributed by atoms with Gasteiger partial charge < -0.3 is 9.67 Å². The summed E-state index contributed by atoms with van der Waals surface area (Å²) in [5.74, 6) is -1.01. The summed E-state index contributed by atoms with van der Waals surface area (Å²) in [4.78, 5) is 11.1. The quantitative estimate of drug-likeness (QED) is 0.934. The predicted octanol–water partition coefficient (Wildman–Crippen LogP) is 3.87. The summed E-state index contributed by atoms with van der Waals surface area (Å²) in [5.41, 5.74) is 1.53. The lowest BCUT2D eigenvalue weighted by Gasteiger charge is -2.11. The number of alkyl halides is 3. The predicted molar refractivity (Wildman–Crippen MR) is 71.4 cm³/mol. The van der Waals surface area contributed by atoms with Gasteiger partial charge >= 0.3 is 12.1 Å². The molecule has 0 bridgehead atoms. The van der Waals surface area contributed by atoms with Crippen molar-refractivity contribution in [3.63, 3.8) is 0 Å². The molecule has 1 heterocycles. The minimum absolute atomic E-state index is 0.208. The Morgan fingerprint density at radius 2 is 1.76 bits per heavy atom. The molecular formula is C15H14F3NO2. The van der Waals surface area contributed by atoms with Crippen LogP contribution in [0.25, 0.3) is 0 Å². The molecule has 3 nitrogen and oxygen atoms in total. The number of carbonyl (C=O) groups is 1. The first-order valence-electron chi connectivity index (χ1n) is 6.26. The van der Waals surface area contributed by atoms with Crippen LogP contribution in [0.15, 0.2) is 30.3 Å². The molecule has 0 saturated heterocycles. The maximum Gasteiger partial charge on any atom is 0.416 e. The van der Waals surface area contributed by atoms with Gasteiger partial charge in [-0.3, -0.25) is 0 Å². The number of nitrogens with zero attached hydrogens (tertiary/aromatic N) is 1. The Hall–Kier alpha value is -2.24. The van der Waals surface area contributed by atoms with E-state index in [4.69, 9.17) is 5.11 Å². The van der Waals surface area contributed by atoms with Crippen LogP contribution in [-0.2, 0) is 12.7 Å². The van der Waals surface area contributed by atoms with Crippen molar-refractivity contribution in [1.82, 2.24) is 4.57 Å². The van der Waals surface area contributed by atoms with Crippen molar-refractivity contribution in [2.75, 3.05) is 0 Å². The Balaban J connectivity index is 2.29. The molecule has 1 aromatic carbocycles. The zero-order valence-corrected chi connectivity index (χ0v) is 11.5. The van der Waals surface area contributed by atoms with Crippen LogP contribution < -0.4 is 0 Å². The van der Waals surface area contributed by atoms with Crippen LogP contribution in [0.5, 0.6) is 0 Å². The van der Waals surface area contributed by atoms with Crippen molar-refractivity contribution in [3.05, 3.63) is 58.4 Å². The molecule has 0 atom stereocenters. The maximum absolute atomic E-state index is 12.5. The van der Waals surface area contributed by atoms with Gasteiger partial charge in [0.2, 0.25) is 0 Å². The van der Waals surface area contributed by atoms with E-state index in [0.717, 1.165) is 17.8 Å². The second kappa shape index (κ2) is 5.27. The molecule has 2 rings (SSSR count). The van der Waals surface area contributed by atoms with Crippen molar-refractivity contribution in [1.29, 1.82) is 0 Å². The highest BCUT2D eigenvalue weighted by molar-refractivity contribution is 5.89. The Labute approximate surface area is 119 Å². The number of carboxylic acids is 1. The van der Waals surface area contributed by atoms with Crippen LogP contribution in [-0.4, -0.2) is 15.6 Å². The van der Waals surface area contributed by atoms with Crippen LogP contribution in [0.2, 0.25) is 0 Å². The molecule has 0 spiro atoms. The minimum Gasteiger partial charge on any atom is -0.478 e. The number of benzene rings is 1.